The Morgan fingerprint density at radius 3 is 1.86 bits per heavy atom. The summed E-state index contributed by atoms with van der Waals surface area (Å²) in [6.45, 7) is 0.182. The molecule has 0 heterocycles. The zero-order valence-electron chi connectivity index (χ0n) is 14.1. The van der Waals surface area contributed by atoms with E-state index in [0.717, 1.165) is 6.92 Å². The smallest absolute Gasteiger partial charge is 0.461 e. The van der Waals surface area contributed by atoms with Crippen molar-refractivity contribution >= 4 is 22.1 Å². The summed E-state index contributed by atoms with van der Waals surface area (Å²) in [6.07, 6.45) is -14.0. The van der Waals surface area contributed by atoms with Crippen LogP contribution in [0.3, 0.4) is 0 Å². The zero-order valence-corrected chi connectivity index (χ0v) is 14.9. The summed E-state index contributed by atoms with van der Waals surface area (Å²) in [7, 11) is -6.12. The third-order valence-electron chi connectivity index (χ3n) is 2.82. The molecule has 0 rings (SSSR count). The summed E-state index contributed by atoms with van der Waals surface area (Å²) in [4.78, 5) is 23.0. The van der Waals surface area contributed by atoms with Crippen LogP contribution >= 0.6 is 0 Å². The molecule has 0 amide bonds. The quantitative estimate of drug-likeness (QED) is 0.180. The van der Waals surface area contributed by atoms with Crippen LogP contribution in [-0.4, -0.2) is 61.5 Å². The van der Waals surface area contributed by atoms with Crippen LogP contribution < -0.4 is 0 Å². The maximum Gasteiger partial charge on any atom is 0.468 e. The molecule has 0 aliphatic carbocycles. The summed E-state index contributed by atoms with van der Waals surface area (Å²) >= 11 is 0. The van der Waals surface area contributed by atoms with Crippen molar-refractivity contribution in [3.63, 3.8) is 0 Å². The Balaban J connectivity index is 6.01. The molecule has 8 nitrogen and oxygen atoms in total. The lowest BCUT2D eigenvalue weighted by molar-refractivity contribution is -0.356. The van der Waals surface area contributed by atoms with Crippen molar-refractivity contribution in [1.29, 1.82) is 0 Å². The summed E-state index contributed by atoms with van der Waals surface area (Å²) in [6, 6.07) is 0. The van der Waals surface area contributed by atoms with Gasteiger partial charge in [0.2, 0.25) is 0 Å². The van der Waals surface area contributed by atoms with E-state index in [2.05, 4.69) is 20.8 Å². The van der Waals surface area contributed by atoms with Crippen LogP contribution in [0.15, 0.2) is 12.2 Å². The first kappa shape index (κ1) is 27.0. The lowest BCUT2D eigenvalue weighted by atomic mass is 10.2. The van der Waals surface area contributed by atoms with Gasteiger partial charge in [-0.2, -0.15) is 43.5 Å². The summed E-state index contributed by atoms with van der Waals surface area (Å²) in [5.41, 5.74) is -2.51. The Morgan fingerprint density at radius 1 is 1.03 bits per heavy atom. The van der Waals surface area contributed by atoms with Crippen molar-refractivity contribution in [2.45, 2.75) is 36.7 Å². The number of carbonyl (C=O) groups is 2. The third-order valence-corrected chi connectivity index (χ3v) is 3.78. The molecule has 0 aliphatic heterocycles. The molecule has 29 heavy (non-hydrogen) atoms. The lowest BCUT2D eigenvalue weighted by Crippen LogP contribution is -2.59. The largest absolute Gasteiger partial charge is 0.468 e. The van der Waals surface area contributed by atoms with Gasteiger partial charge in [0, 0.05) is 0 Å². The van der Waals surface area contributed by atoms with Crippen molar-refractivity contribution in [1.82, 2.24) is 0 Å². The summed E-state index contributed by atoms with van der Waals surface area (Å²) in [5.74, 6) is -10.5. The second kappa shape index (κ2) is 8.78. The molecule has 170 valence electrons. The monoisotopic (exact) mass is 468 g/mol. The molecule has 1 unspecified atom stereocenters. The van der Waals surface area contributed by atoms with Crippen molar-refractivity contribution in [3.05, 3.63) is 12.2 Å². The van der Waals surface area contributed by atoms with Crippen molar-refractivity contribution in [2.24, 2.45) is 0 Å². The number of hydrogen-bond donors (Lipinski definition) is 1. The minimum atomic E-state index is -6.17. The predicted molar refractivity (Wildman–Crippen MR) is 73.8 cm³/mol. The Morgan fingerprint density at radius 2 is 1.52 bits per heavy atom. The molecular weight excluding hydrogens is 456 g/mol. The van der Waals surface area contributed by atoms with Crippen LogP contribution in [0.5, 0.6) is 0 Å². The van der Waals surface area contributed by atoms with Crippen molar-refractivity contribution < 1.29 is 71.9 Å². The number of halogens is 8. The maximum atomic E-state index is 13.4. The van der Waals surface area contributed by atoms with E-state index in [9.17, 15) is 53.1 Å². The van der Waals surface area contributed by atoms with Crippen molar-refractivity contribution in [2.75, 3.05) is 13.2 Å². The number of hydrogen-bond acceptors (Lipinski definition) is 7. The van der Waals surface area contributed by atoms with Crippen LogP contribution in [0.1, 0.15) is 13.3 Å². The highest BCUT2D eigenvalue weighted by atomic mass is 32.2. The minimum Gasteiger partial charge on any atom is -0.461 e. The van der Waals surface area contributed by atoms with Gasteiger partial charge in [0.05, 0.1) is 19.6 Å². The average molecular weight is 468 g/mol. The van der Waals surface area contributed by atoms with Gasteiger partial charge in [0.15, 0.2) is 0 Å². The fourth-order valence-electron chi connectivity index (χ4n) is 1.36. The molecule has 0 bridgehead atoms. The molecular formula is C12H12F8O8S. The number of carbonyl (C=O) groups excluding carboxylic acids is 2. The Bertz CT molecular complexity index is 742. The first-order chi connectivity index (χ1) is 12.7. The van der Waals surface area contributed by atoms with E-state index in [-0.39, 0.29) is 0 Å². The predicted octanol–water partition coefficient (Wildman–Crippen LogP) is 2.36. The molecule has 0 saturated heterocycles. The highest BCUT2D eigenvalue weighted by molar-refractivity contribution is 7.86. The second-order valence-electron chi connectivity index (χ2n) is 4.91. The van der Waals surface area contributed by atoms with Gasteiger partial charge in [-0.25, -0.2) is 9.59 Å². The topological polar surface area (TPSA) is 116 Å². The molecule has 0 radical (unpaired) electrons. The van der Waals surface area contributed by atoms with Gasteiger partial charge in [-0.05, 0) is 6.92 Å². The Kier molecular flexibility index (Phi) is 8.17. The van der Waals surface area contributed by atoms with Crippen LogP contribution in [0, 0.1) is 0 Å². The van der Waals surface area contributed by atoms with E-state index in [4.69, 9.17) is 4.55 Å². The SMILES string of the molecule is C=C(C(=O)OC(OCCC(F)(F)S(=O)(=O)O)(C(=O)OCC)C(F)(F)F)C(F)(F)F. The minimum absolute atomic E-state index is 0.848. The molecule has 0 aromatic rings. The number of esters is 2. The normalized spacial score (nSPS) is 15.4. The van der Waals surface area contributed by atoms with E-state index < -0.39 is 70.7 Å². The highest BCUT2D eigenvalue weighted by Crippen LogP contribution is 2.39. The van der Waals surface area contributed by atoms with Gasteiger partial charge in [-0.3, -0.25) is 4.55 Å². The zero-order chi connectivity index (χ0) is 23.5. The van der Waals surface area contributed by atoms with E-state index in [1.54, 1.807) is 0 Å². The first-order valence-corrected chi connectivity index (χ1v) is 8.39. The number of alkyl halides is 8. The standard InChI is InChI=1S/C12H12F8O8S/c1-3-26-8(22)10(12(18,19)20,28-7(21)6(2)11(15,16)17)27-5-4-9(13,14)29(23,24)25/h2-5H2,1H3,(H,23,24,25). The molecule has 1 N–H and O–H groups in total. The molecule has 0 aromatic carbocycles. The van der Waals surface area contributed by atoms with Crippen molar-refractivity contribution in [3.8, 4) is 0 Å². The number of ether oxygens (including phenoxy) is 3. The molecule has 0 spiro atoms. The third kappa shape index (κ3) is 6.49. The molecule has 0 aliphatic rings. The van der Waals surface area contributed by atoms with E-state index in [1.165, 1.54) is 0 Å². The second-order valence-corrected chi connectivity index (χ2v) is 6.46. The molecule has 17 heteroatoms. The Hall–Kier alpha value is -2.01. The van der Waals surface area contributed by atoms with Crippen LogP contribution in [0.25, 0.3) is 0 Å². The highest BCUT2D eigenvalue weighted by Gasteiger charge is 2.68. The van der Waals surface area contributed by atoms with Crippen LogP contribution in [0.4, 0.5) is 35.1 Å². The molecule has 1 atom stereocenters. The van der Waals surface area contributed by atoms with Gasteiger partial charge < -0.3 is 14.2 Å². The van der Waals surface area contributed by atoms with Gasteiger partial charge >= 0.3 is 45.5 Å². The van der Waals surface area contributed by atoms with Gasteiger partial charge in [0.25, 0.3) is 0 Å². The van der Waals surface area contributed by atoms with E-state index in [1.807, 2.05) is 0 Å². The fourth-order valence-corrected chi connectivity index (χ4v) is 1.70. The molecule has 0 saturated carbocycles. The summed E-state index contributed by atoms with van der Waals surface area (Å²) < 4.78 is 144. The molecule has 0 fully saturated rings. The fraction of sp³-hybridized carbons (Fsp3) is 0.667. The summed E-state index contributed by atoms with van der Waals surface area (Å²) in [5, 5.41) is -5.07. The number of rotatable bonds is 9. The van der Waals surface area contributed by atoms with E-state index in [0.29, 0.717) is 0 Å². The average Bonchev–Trinajstić information content (AvgIpc) is 2.49. The Labute approximate surface area is 157 Å². The maximum absolute atomic E-state index is 13.4. The van der Waals surface area contributed by atoms with Gasteiger partial charge in [-0.15, -0.1) is 0 Å². The van der Waals surface area contributed by atoms with E-state index >= 15 is 0 Å². The van der Waals surface area contributed by atoms with Gasteiger partial charge in [-0.1, -0.05) is 6.58 Å². The lowest BCUT2D eigenvalue weighted by Gasteiger charge is -2.32. The molecule has 0 aromatic heterocycles. The van der Waals surface area contributed by atoms with Gasteiger partial charge in [0.1, 0.15) is 5.57 Å². The van der Waals surface area contributed by atoms with Crippen LogP contribution in [-0.2, 0) is 33.9 Å². The van der Waals surface area contributed by atoms with Crippen LogP contribution in [0.2, 0.25) is 0 Å². The first-order valence-electron chi connectivity index (χ1n) is 6.95.